The van der Waals surface area contributed by atoms with Crippen LogP contribution in [0, 0.1) is 0 Å². The Labute approximate surface area is 83.4 Å². The van der Waals surface area contributed by atoms with Crippen LogP contribution in [0.5, 0.6) is 0 Å². The van der Waals surface area contributed by atoms with Crippen LogP contribution in [0.15, 0.2) is 36.5 Å². The molecule has 0 unspecified atom stereocenters. The number of allylic oxidation sites excluding steroid dienone is 1. The van der Waals surface area contributed by atoms with Crippen LogP contribution in [0.4, 0.5) is 0 Å². The van der Waals surface area contributed by atoms with Crippen LogP contribution in [-0.2, 0) is 4.74 Å². The number of ether oxygens (including phenoxy) is 1. The molecule has 1 atom stereocenters. The normalized spacial score (nSPS) is 12.7. The van der Waals surface area contributed by atoms with Gasteiger partial charge in [0, 0.05) is 6.20 Å². The zero-order valence-electron chi connectivity index (χ0n) is 8.31. The van der Waals surface area contributed by atoms with Crippen molar-refractivity contribution in [2.45, 2.75) is 20.0 Å². The molecule has 3 nitrogen and oxygen atoms in total. The van der Waals surface area contributed by atoms with Crippen LogP contribution in [0.25, 0.3) is 0 Å². The maximum atomic E-state index is 11.4. The van der Waals surface area contributed by atoms with Crippen molar-refractivity contribution >= 4 is 5.97 Å². The van der Waals surface area contributed by atoms with E-state index in [4.69, 9.17) is 4.74 Å². The maximum absolute atomic E-state index is 11.4. The summed E-state index contributed by atoms with van der Waals surface area (Å²) in [7, 11) is 0. The molecule has 0 amide bonds. The van der Waals surface area contributed by atoms with E-state index in [0.717, 1.165) is 0 Å². The first-order chi connectivity index (χ1) is 6.74. The lowest BCUT2D eigenvalue weighted by Crippen LogP contribution is -2.13. The molecule has 1 aromatic heterocycles. The number of carbonyl (C=O) groups excluding carboxylic acids is 1. The van der Waals surface area contributed by atoms with Crippen molar-refractivity contribution in [2.24, 2.45) is 0 Å². The standard InChI is InChI=1S/C11H13NO2/c1-3-6-9(2)14-11(13)10-7-4-5-8-12-10/h3-9H,1-2H3/b6-3+/t9-/m0/s1. The lowest BCUT2D eigenvalue weighted by molar-refractivity contribution is 0.0417. The van der Waals surface area contributed by atoms with Gasteiger partial charge >= 0.3 is 5.97 Å². The molecule has 0 bridgehead atoms. The second-order valence-corrected chi connectivity index (χ2v) is 2.85. The van der Waals surface area contributed by atoms with Crippen molar-refractivity contribution < 1.29 is 9.53 Å². The van der Waals surface area contributed by atoms with Gasteiger partial charge in [-0.05, 0) is 32.1 Å². The molecule has 1 aromatic rings. The molecular formula is C11H13NO2. The minimum Gasteiger partial charge on any atom is -0.454 e. The van der Waals surface area contributed by atoms with E-state index in [0.29, 0.717) is 5.69 Å². The Balaban J connectivity index is 2.59. The van der Waals surface area contributed by atoms with Crippen molar-refractivity contribution in [1.82, 2.24) is 4.98 Å². The summed E-state index contributed by atoms with van der Waals surface area (Å²) in [6.07, 6.45) is 5.00. The highest BCUT2D eigenvalue weighted by molar-refractivity contribution is 5.87. The molecular weight excluding hydrogens is 178 g/mol. The molecule has 1 heterocycles. The second kappa shape index (κ2) is 5.17. The molecule has 0 aliphatic heterocycles. The van der Waals surface area contributed by atoms with Gasteiger partial charge in [0.05, 0.1) is 0 Å². The van der Waals surface area contributed by atoms with Crippen LogP contribution in [-0.4, -0.2) is 17.1 Å². The third kappa shape index (κ3) is 3.01. The van der Waals surface area contributed by atoms with Crippen molar-refractivity contribution in [3.63, 3.8) is 0 Å². The lowest BCUT2D eigenvalue weighted by Gasteiger charge is -2.07. The molecule has 3 heteroatoms. The summed E-state index contributed by atoms with van der Waals surface area (Å²) < 4.78 is 5.09. The number of esters is 1. The van der Waals surface area contributed by atoms with E-state index in [-0.39, 0.29) is 6.10 Å². The summed E-state index contributed by atoms with van der Waals surface area (Å²) >= 11 is 0. The van der Waals surface area contributed by atoms with Crippen molar-refractivity contribution in [1.29, 1.82) is 0 Å². The highest BCUT2D eigenvalue weighted by Crippen LogP contribution is 2.01. The number of aromatic nitrogens is 1. The van der Waals surface area contributed by atoms with Gasteiger partial charge in [0.1, 0.15) is 11.8 Å². The number of carbonyl (C=O) groups is 1. The minimum atomic E-state index is -0.392. The highest BCUT2D eigenvalue weighted by Gasteiger charge is 2.09. The first-order valence-electron chi connectivity index (χ1n) is 4.49. The van der Waals surface area contributed by atoms with Gasteiger partial charge < -0.3 is 4.74 Å². The Hall–Kier alpha value is -1.64. The number of pyridine rings is 1. The average Bonchev–Trinajstić information content (AvgIpc) is 2.19. The summed E-state index contributed by atoms with van der Waals surface area (Å²) in [5.41, 5.74) is 0.337. The van der Waals surface area contributed by atoms with Gasteiger partial charge in [-0.15, -0.1) is 0 Å². The average molecular weight is 191 g/mol. The van der Waals surface area contributed by atoms with E-state index in [1.54, 1.807) is 37.4 Å². The molecule has 0 saturated carbocycles. The van der Waals surface area contributed by atoms with Crippen LogP contribution in [0.2, 0.25) is 0 Å². The Morgan fingerprint density at radius 1 is 1.57 bits per heavy atom. The Bertz CT molecular complexity index is 319. The summed E-state index contributed by atoms with van der Waals surface area (Å²) in [5, 5.41) is 0. The quantitative estimate of drug-likeness (QED) is 0.543. The monoisotopic (exact) mass is 191 g/mol. The van der Waals surface area contributed by atoms with Gasteiger partial charge in [-0.25, -0.2) is 9.78 Å². The van der Waals surface area contributed by atoms with Crippen molar-refractivity contribution in [2.75, 3.05) is 0 Å². The number of hydrogen-bond acceptors (Lipinski definition) is 3. The molecule has 0 aromatic carbocycles. The summed E-state index contributed by atoms with van der Waals surface area (Å²) in [5.74, 6) is -0.392. The Kier molecular flexibility index (Phi) is 3.85. The van der Waals surface area contributed by atoms with Gasteiger partial charge in [0.2, 0.25) is 0 Å². The summed E-state index contributed by atoms with van der Waals surface area (Å²) in [4.78, 5) is 15.3. The molecule has 74 valence electrons. The van der Waals surface area contributed by atoms with E-state index in [9.17, 15) is 4.79 Å². The first kappa shape index (κ1) is 10.4. The van der Waals surface area contributed by atoms with Gasteiger partial charge in [-0.2, -0.15) is 0 Å². The maximum Gasteiger partial charge on any atom is 0.357 e. The van der Waals surface area contributed by atoms with Crippen LogP contribution in [0.1, 0.15) is 24.3 Å². The van der Waals surface area contributed by atoms with E-state index >= 15 is 0 Å². The van der Waals surface area contributed by atoms with E-state index in [2.05, 4.69) is 4.98 Å². The van der Waals surface area contributed by atoms with Crippen LogP contribution in [0.3, 0.4) is 0 Å². The third-order valence-corrected chi connectivity index (χ3v) is 1.63. The van der Waals surface area contributed by atoms with Crippen molar-refractivity contribution in [3.05, 3.63) is 42.2 Å². The molecule has 0 N–H and O–H groups in total. The van der Waals surface area contributed by atoms with Crippen molar-refractivity contribution in [3.8, 4) is 0 Å². The highest BCUT2D eigenvalue weighted by atomic mass is 16.5. The number of rotatable bonds is 3. The molecule has 0 fully saturated rings. The fraction of sp³-hybridized carbons (Fsp3) is 0.273. The largest absolute Gasteiger partial charge is 0.454 e. The predicted octanol–water partition coefficient (Wildman–Crippen LogP) is 2.20. The second-order valence-electron chi connectivity index (χ2n) is 2.85. The molecule has 0 radical (unpaired) electrons. The zero-order valence-corrected chi connectivity index (χ0v) is 8.31. The topological polar surface area (TPSA) is 39.2 Å². The predicted molar refractivity (Wildman–Crippen MR) is 53.9 cm³/mol. The van der Waals surface area contributed by atoms with Gasteiger partial charge in [0.25, 0.3) is 0 Å². The van der Waals surface area contributed by atoms with Gasteiger partial charge in [-0.3, -0.25) is 0 Å². The van der Waals surface area contributed by atoms with Crippen LogP contribution < -0.4 is 0 Å². The van der Waals surface area contributed by atoms with E-state index in [1.165, 1.54) is 0 Å². The van der Waals surface area contributed by atoms with E-state index in [1.807, 2.05) is 13.0 Å². The fourth-order valence-electron chi connectivity index (χ4n) is 1.02. The summed E-state index contributed by atoms with van der Waals surface area (Å²) in [6, 6.07) is 5.14. The molecule has 0 aliphatic carbocycles. The Morgan fingerprint density at radius 3 is 2.93 bits per heavy atom. The smallest absolute Gasteiger partial charge is 0.357 e. The molecule has 0 aliphatic rings. The molecule has 0 spiro atoms. The SMILES string of the molecule is C/C=C/[C@H](C)OC(=O)c1ccccn1. The van der Waals surface area contributed by atoms with Crippen LogP contribution >= 0.6 is 0 Å². The zero-order chi connectivity index (χ0) is 10.4. The lowest BCUT2D eigenvalue weighted by atomic mass is 10.3. The Morgan fingerprint density at radius 2 is 2.36 bits per heavy atom. The fourth-order valence-corrected chi connectivity index (χ4v) is 1.02. The molecule has 1 rings (SSSR count). The van der Waals surface area contributed by atoms with Gasteiger partial charge in [0.15, 0.2) is 0 Å². The molecule has 0 saturated heterocycles. The first-order valence-corrected chi connectivity index (χ1v) is 4.49. The number of hydrogen-bond donors (Lipinski definition) is 0. The third-order valence-electron chi connectivity index (χ3n) is 1.63. The molecule has 14 heavy (non-hydrogen) atoms. The van der Waals surface area contributed by atoms with Gasteiger partial charge in [-0.1, -0.05) is 12.1 Å². The van der Waals surface area contributed by atoms with E-state index < -0.39 is 5.97 Å². The summed E-state index contributed by atoms with van der Waals surface area (Å²) in [6.45, 7) is 3.69. The number of nitrogens with zero attached hydrogens (tertiary/aromatic N) is 1. The minimum absolute atomic E-state index is 0.213.